The minimum atomic E-state index is -0.212. The quantitative estimate of drug-likeness (QED) is 0.612. The van der Waals surface area contributed by atoms with Crippen LogP contribution >= 0.6 is 0 Å². The smallest absolute Gasteiger partial charge is 0.257 e. The zero-order valence-electron chi connectivity index (χ0n) is 11.0. The maximum absolute atomic E-state index is 12.0. The van der Waals surface area contributed by atoms with Crippen LogP contribution < -0.4 is 10.5 Å². The fourth-order valence-corrected chi connectivity index (χ4v) is 1.35. The molecule has 0 saturated heterocycles. The number of hydrogen-bond acceptors (Lipinski definition) is 4. The van der Waals surface area contributed by atoms with Gasteiger partial charge < -0.3 is 15.4 Å². The second-order valence-electron chi connectivity index (χ2n) is 4.35. The van der Waals surface area contributed by atoms with Crippen molar-refractivity contribution in [1.29, 1.82) is 5.41 Å². The highest BCUT2D eigenvalue weighted by molar-refractivity contribution is 6.00. The van der Waals surface area contributed by atoms with Crippen LogP contribution in [-0.2, 0) is 0 Å². The van der Waals surface area contributed by atoms with E-state index in [0.29, 0.717) is 11.3 Å². The Kier molecular flexibility index (Phi) is 4.25. The highest BCUT2D eigenvalue weighted by Gasteiger charge is 2.17. The van der Waals surface area contributed by atoms with Crippen LogP contribution in [0.15, 0.2) is 12.3 Å². The number of ether oxygens (including phenoxy) is 1. The summed E-state index contributed by atoms with van der Waals surface area (Å²) in [5, 5.41) is 7.34. The first kappa shape index (κ1) is 14.0. The summed E-state index contributed by atoms with van der Waals surface area (Å²) in [5.74, 6) is 0.00292. The number of nitrogen functional groups attached to an aromatic ring is 1. The molecule has 98 valence electrons. The number of rotatable bonds is 4. The van der Waals surface area contributed by atoms with E-state index in [1.807, 2.05) is 13.8 Å². The van der Waals surface area contributed by atoms with Crippen molar-refractivity contribution >= 4 is 11.7 Å². The highest BCUT2D eigenvalue weighted by atomic mass is 16.5. The lowest BCUT2D eigenvalue weighted by atomic mass is 10.1. The van der Waals surface area contributed by atoms with Crippen LogP contribution in [0.4, 0.5) is 0 Å². The lowest BCUT2D eigenvalue weighted by Gasteiger charge is -2.17. The van der Waals surface area contributed by atoms with Crippen molar-refractivity contribution in [2.75, 3.05) is 14.1 Å². The summed E-state index contributed by atoms with van der Waals surface area (Å²) in [6.07, 6.45) is 1.36. The van der Waals surface area contributed by atoms with Gasteiger partial charge in [0.05, 0.1) is 17.9 Å². The third kappa shape index (κ3) is 3.19. The third-order valence-corrected chi connectivity index (χ3v) is 2.14. The van der Waals surface area contributed by atoms with Gasteiger partial charge in [0, 0.05) is 14.1 Å². The molecular formula is C12H18N4O2. The Balaban J connectivity index is 3.26. The van der Waals surface area contributed by atoms with Gasteiger partial charge in [-0.2, -0.15) is 0 Å². The summed E-state index contributed by atoms with van der Waals surface area (Å²) in [7, 11) is 3.30. The van der Waals surface area contributed by atoms with Crippen molar-refractivity contribution in [1.82, 2.24) is 9.88 Å². The number of nitrogens with two attached hydrogens (primary N) is 1. The van der Waals surface area contributed by atoms with E-state index in [0.717, 1.165) is 0 Å². The zero-order chi connectivity index (χ0) is 13.9. The van der Waals surface area contributed by atoms with Gasteiger partial charge >= 0.3 is 0 Å². The Bertz CT molecular complexity index is 469. The Hall–Kier alpha value is -2.11. The molecule has 18 heavy (non-hydrogen) atoms. The molecule has 0 aliphatic rings. The van der Waals surface area contributed by atoms with Crippen molar-refractivity contribution in [2.24, 2.45) is 5.73 Å². The maximum atomic E-state index is 12.0. The molecule has 1 amide bonds. The van der Waals surface area contributed by atoms with E-state index in [1.54, 1.807) is 14.1 Å². The van der Waals surface area contributed by atoms with Crippen LogP contribution in [0.5, 0.6) is 5.75 Å². The van der Waals surface area contributed by atoms with Crippen LogP contribution in [-0.4, -0.2) is 41.8 Å². The molecule has 0 aromatic carbocycles. The Labute approximate surface area is 106 Å². The number of carbonyl (C=O) groups is 1. The number of amides is 1. The molecule has 6 heteroatoms. The first-order chi connectivity index (χ1) is 8.32. The van der Waals surface area contributed by atoms with E-state index in [1.165, 1.54) is 17.2 Å². The summed E-state index contributed by atoms with van der Waals surface area (Å²) in [5.41, 5.74) is 5.98. The molecular weight excluding hydrogens is 232 g/mol. The largest absolute Gasteiger partial charge is 0.489 e. The molecule has 0 saturated carbocycles. The molecule has 3 N–H and O–H groups in total. The normalized spacial score (nSPS) is 10.3. The van der Waals surface area contributed by atoms with Gasteiger partial charge in [0.1, 0.15) is 11.5 Å². The number of hydrogen-bond donors (Lipinski definition) is 2. The molecule has 0 atom stereocenters. The Morgan fingerprint density at radius 1 is 1.50 bits per heavy atom. The molecule has 1 aromatic heterocycles. The van der Waals surface area contributed by atoms with Crippen molar-refractivity contribution in [3.05, 3.63) is 23.5 Å². The average molecular weight is 250 g/mol. The molecule has 0 aliphatic heterocycles. The minimum absolute atomic E-state index is 0.0660. The van der Waals surface area contributed by atoms with Crippen LogP contribution in [0.3, 0.4) is 0 Å². The summed E-state index contributed by atoms with van der Waals surface area (Å²) in [4.78, 5) is 17.5. The highest BCUT2D eigenvalue weighted by Crippen LogP contribution is 2.20. The van der Waals surface area contributed by atoms with E-state index in [9.17, 15) is 4.79 Å². The van der Waals surface area contributed by atoms with Crippen LogP contribution in [0.25, 0.3) is 0 Å². The fourth-order valence-electron chi connectivity index (χ4n) is 1.35. The number of carbonyl (C=O) groups excluding carboxylic acids is 1. The molecule has 6 nitrogen and oxygen atoms in total. The van der Waals surface area contributed by atoms with Gasteiger partial charge in [-0.1, -0.05) is 0 Å². The molecule has 0 aliphatic carbocycles. The summed E-state index contributed by atoms with van der Waals surface area (Å²) < 4.78 is 5.53. The van der Waals surface area contributed by atoms with E-state index in [2.05, 4.69) is 4.98 Å². The second-order valence-corrected chi connectivity index (χ2v) is 4.35. The summed E-state index contributed by atoms with van der Waals surface area (Å²) >= 11 is 0. The zero-order valence-corrected chi connectivity index (χ0v) is 11.0. The third-order valence-electron chi connectivity index (χ3n) is 2.14. The number of amidine groups is 1. The van der Waals surface area contributed by atoms with Gasteiger partial charge in [-0.05, 0) is 19.9 Å². The van der Waals surface area contributed by atoms with E-state index in [-0.39, 0.29) is 23.5 Å². The van der Waals surface area contributed by atoms with Gasteiger partial charge in [0.15, 0.2) is 5.75 Å². The molecule has 0 fully saturated rings. The molecule has 0 radical (unpaired) electrons. The molecule has 0 unspecified atom stereocenters. The minimum Gasteiger partial charge on any atom is -0.489 e. The Morgan fingerprint density at radius 2 is 2.11 bits per heavy atom. The molecule has 0 bridgehead atoms. The van der Waals surface area contributed by atoms with Crippen LogP contribution in [0, 0.1) is 5.41 Å². The fraction of sp³-hybridized carbons (Fsp3) is 0.417. The van der Waals surface area contributed by atoms with Crippen molar-refractivity contribution < 1.29 is 9.53 Å². The predicted octanol–water partition coefficient (Wildman–Crippen LogP) is 0.855. The summed E-state index contributed by atoms with van der Waals surface area (Å²) in [6.45, 7) is 3.73. The monoisotopic (exact) mass is 250 g/mol. The second kappa shape index (κ2) is 5.48. The van der Waals surface area contributed by atoms with Gasteiger partial charge in [-0.15, -0.1) is 0 Å². The number of nitrogens with one attached hydrogen (secondary N) is 1. The van der Waals surface area contributed by atoms with E-state index in [4.69, 9.17) is 15.9 Å². The molecule has 1 aromatic rings. The maximum Gasteiger partial charge on any atom is 0.257 e. The summed E-state index contributed by atoms with van der Waals surface area (Å²) in [6, 6.07) is 1.47. The Morgan fingerprint density at radius 3 is 2.56 bits per heavy atom. The van der Waals surface area contributed by atoms with E-state index >= 15 is 0 Å². The number of pyridine rings is 1. The standard InChI is InChI=1S/C12H18N4O2/c1-7(2)18-10-6-15-9(11(13)14)5-8(10)12(17)16(3)4/h5-7H,1-4H3,(H3,13,14). The lowest BCUT2D eigenvalue weighted by molar-refractivity contribution is 0.0821. The van der Waals surface area contributed by atoms with Gasteiger partial charge in [-0.25, -0.2) is 4.98 Å². The van der Waals surface area contributed by atoms with E-state index < -0.39 is 0 Å². The van der Waals surface area contributed by atoms with Gasteiger partial charge in [0.25, 0.3) is 5.91 Å². The van der Waals surface area contributed by atoms with Crippen molar-refractivity contribution in [3.8, 4) is 5.75 Å². The molecule has 0 spiro atoms. The first-order valence-electron chi connectivity index (χ1n) is 5.55. The van der Waals surface area contributed by atoms with Crippen LogP contribution in [0.1, 0.15) is 29.9 Å². The topological polar surface area (TPSA) is 92.3 Å². The molecule has 1 rings (SSSR count). The van der Waals surface area contributed by atoms with Crippen LogP contribution in [0.2, 0.25) is 0 Å². The van der Waals surface area contributed by atoms with Gasteiger partial charge in [0.2, 0.25) is 0 Å². The van der Waals surface area contributed by atoms with Gasteiger partial charge in [-0.3, -0.25) is 10.2 Å². The average Bonchev–Trinajstić information content (AvgIpc) is 2.27. The number of aromatic nitrogens is 1. The number of nitrogens with zero attached hydrogens (tertiary/aromatic N) is 2. The van der Waals surface area contributed by atoms with Crippen molar-refractivity contribution in [3.63, 3.8) is 0 Å². The SMILES string of the molecule is CC(C)Oc1cnc(C(=N)N)cc1C(=O)N(C)C. The molecule has 1 heterocycles. The predicted molar refractivity (Wildman–Crippen MR) is 69.0 cm³/mol. The lowest BCUT2D eigenvalue weighted by Crippen LogP contribution is -2.24. The first-order valence-corrected chi connectivity index (χ1v) is 5.55. The van der Waals surface area contributed by atoms with Crippen molar-refractivity contribution in [2.45, 2.75) is 20.0 Å².